The number of nitrogens with zero attached hydrogens (tertiary/aromatic N) is 1. The molecule has 1 N–H and O–H groups in total. The summed E-state index contributed by atoms with van der Waals surface area (Å²) in [6.07, 6.45) is 5.42. The first-order chi connectivity index (χ1) is 11.5. The lowest BCUT2D eigenvalue weighted by Crippen LogP contribution is -2.37. The number of nitrogens with one attached hydrogen (secondary N) is 1. The molecule has 1 aliphatic heterocycles. The number of carbonyl (C=O) groups excluding carboxylic acids is 2. The number of amides is 1. The molecule has 1 heterocycles. The van der Waals surface area contributed by atoms with E-state index in [2.05, 4.69) is 25.2 Å². The molecule has 0 radical (unpaired) electrons. The zero-order valence-electron chi connectivity index (χ0n) is 15.1. The van der Waals surface area contributed by atoms with Gasteiger partial charge in [-0.3, -0.25) is 9.59 Å². The van der Waals surface area contributed by atoms with Crippen molar-refractivity contribution in [2.45, 2.75) is 52.4 Å². The van der Waals surface area contributed by atoms with Gasteiger partial charge in [-0.25, -0.2) is 0 Å². The maximum absolute atomic E-state index is 13.1. The Morgan fingerprint density at radius 2 is 2.00 bits per heavy atom. The van der Waals surface area contributed by atoms with Crippen LogP contribution < -0.4 is 10.2 Å². The van der Waals surface area contributed by atoms with Crippen molar-refractivity contribution in [3.8, 4) is 0 Å². The number of ketones is 1. The molecule has 24 heavy (non-hydrogen) atoms. The molecule has 1 aromatic carbocycles. The largest absolute Gasteiger partial charge is 0.316 e. The standard InChI is InChI=1S/C20H28N2O2/c1-4-5-10-21-12-14-6-7-15-13(2)11-17-16(19(15)20(14)24)8-9-18(23)22(17)3/h11,14,21H,4-10,12H2,1-3H3. The van der Waals surface area contributed by atoms with Gasteiger partial charge in [0.1, 0.15) is 0 Å². The van der Waals surface area contributed by atoms with Crippen LogP contribution in [0.1, 0.15) is 59.7 Å². The molecule has 0 saturated heterocycles. The number of anilines is 1. The maximum Gasteiger partial charge on any atom is 0.227 e. The number of Topliss-reactive ketones (excluding diaryl/α,β-unsaturated/α-hetero) is 1. The van der Waals surface area contributed by atoms with Gasteiger partial charge < -0.3 is 10.2 Å². The second kappa shape index (κ2) is 7.06. The Labute approximate surface area is 144 Å². The first kappa shape index (κ1) is 17.2. The number of rotatable bonds is 5. The van der Waals surface area contributed by atoms with E-state index in [9.17, 15) is 9.59 Å². The van der Waals surface area contributed by atoms with Gasteiger partial charge >= 0.3 is 0 Å². The van der Waals surface area contributed by atoms with Crippen molar-refractivity contribution in [3.05, 3.63) is 28.3 Å². The summed E-state index contributed by atoms with van der Waals surface area (Å²) < 4.78 is 0. The first-order valence-corrected chi connectivity index (χ1v) is 9.21. The lowest BCUT2D eigenvalue weighted by Gasteiger charge is -2.33. The van der Waals surface area contributed by atoms with Crippen LogP contribution in [0, 0.1) is 12.8 Å². The Kier molecular flexibility index (Phi) is 5.04. The van der Waals surface area contributed by atoms with Gasteiger partial charge in [-0.2, -0.15) is 0 Å². The molecule has 1 aromatic rings. The Balaban J connectivity index is 1.90. The molecule has 1 unspecified atom stereocenters. The maximum atomic E-state index is 13.1. The Hall–Kier alpha value is -1.68. The molecule has 4 nitrogen and oxygen atoms in total. The van der Waals surface area contributed by atoms with E-state index in [1.54, 1.807) is 4.90 Å². The normalized spacial score (nSPS) is 20.1. The summed E-state index contributed by atoms with van der Waals surface area (Å²) in [6.45, 7) is 6.00. The first-order valence-electron chi connectivity index (χ1n) is 9.21. The van der Waals surface area contributed by atoms with Crippen LogP contribution in [0.4, 0.5) is 5.69 Å². The third-order valence-corrected chi connectivity index (χ3v) is 5.52. The second-order valence-electron chi connectivity index (χ2n) is 7.15. The fourth-order valence-corrected chi connectivity index (χ4v) is 4.02. The minimum absolute atomic E-state index is 0.0724. The molecule has 0 fully saturated rings. The minimum Gasteiger partial charge on any atom is -0.316 e. The van der Waals surface area contributed by atoms with Crippen molar-refractivity contribution >= 4 is 17.4 Å². The van der Waals surface area contributed by atoms with Crippen molar-refractivity contribution in [1.82, 2.24) is 5.32 Å². The van der Waals surface area contributed by atoms with E-state index < -0.39 is 0 Å². The van der Waals surface area contributed by atoms with Gasteiger partial charge in [-0.15, -0.1) is 0 Å². The van der Waals surface area contributed by atoms with Crippen molar-refractivity contribution < 1.29 is 9.59 Å². The highest BCUT2D eigenvalue weighted by atomic mass is 16.2. The number of benzene rings is 1. The van der Waals surface area contributed by atoms with Crippen LogP contribution in [0.15, 0.2) is 6.07 Å². The van der Waals surface area contributed by atoms with E-state index in [4.69, 9.17) is 0 Å². The van der Waals surface area contributed by atoms with Gasteiger partial charge in [0.15, 0.2) is 5.78 Å². The van der Waals surface area contributed by atoms with Crippen molar-refractivity contribution in [2.75, 3.05) is 25.0 Å². The molecular formula is C20H28N2O2. The molecule has 0 spiro atoms. The molecule has 2 aliphatic rings. The fraction of sp³-hybridized carbons (Fsp3) is 0.600. The third-order valence-electron chi connectivity index (χ3n) is 5.52. The average molecular weight is 328 g/mol. The predicted molar refractivity (Wildman–Crippen MR) is 96.8 cm³/mol. The van der Waals surface area contributed by atoms with E-state index in [0.29, 0.717) is 12.8 Å². The van der Waals surface area contributed by atoms with Gasteiger partial charge in [0.25, 0.3) is 0 Å². The highest BCUT2D eigenvalue weighted by Crippen LogP contribution is 2.38. The van der Waals surface area contributed by atoms with E-state index in [-0.39, 0.29) is 17.6 Å². The lowest BCUT2D eigenvalue weighted by molar-refractivity contribution is -0.118. The summed E-state index contributed by atoms with van der Waals surface area (Å²) in [6, 6.07) is 2.10. The molecular weight excluding hydrogens is 300 g/mol. The highest BCUT2D eigenvalue weighted by Gasteiger charge is 2.34. The highest BCUT2D eigenvalue weighted by molar-refractivity contribution is 6.06. The summed E-state index contributed by atoms with van der Waals surface area (Å²) in [5, 5.41) is 3.44. The number of aryl methyl sites for hydroxylation is 1. The fourth-order valence-electron chi connectivity index (χ4n) is 4.02. The van der Waals surface area contributed by atoms with Crippen LogP contribution in [0.25, 0.3) is 0 Å². The van der Waals surface area contributed by atoms with Crippen LogP contribution >= 0.6 is 0 Å². The number of fused-ring (bicyclic) bond motifs is 3. The number of carbonyl (C=O) groups is 2. The zero-order chi connectivity index (χ0) is 17.3. The Morgan fingerprint density at radius 1 is 1.21 bits per heavy atom. The second-order valence-corrected chi connectivity index (χ2v) is 7.15. The van der Waals surface area contributed by atoms with E-state index in [0.717, 1.165) is 54.7 Å². The smallest absolute Gasteiger partial charge is 0.227 e. The zero-order valence-corrected chi connectivity index (χ0v) is 15.1. The predicted octanol–water partition coefficient (Wildman–Crippen LogP) is 3.04. The topological polar surface area (TPSA) is 49.4 Å². The van der Waals surface area contributed by atoms with Crippen molar-refractivity contribution in [3.63, 3.8) is 0 Å². The van der Waals surface area contributed by atoms with Crippen LogP contribution in [-0.4, -0.2) is 31.8 Å². The van der Waals surface area contributed by atoms with Gasteiger partial charge in [0.05, 0.1) is 0 Å². The Bertz CT molecular complexity index is 666. The molecule has 1 atom stereocenters. The molecule has 1 amide bonds. The van der Waals surface area contributed by atoms with Gasteiger partial charge in [0.2, 0.25) is 5.91 Å². The number of unbranched alkanes of at least 4 members (excludes halogenated alkanes) is 1. The number of hydrogen-bond acceptors (Lipinski definition) is 3. The molecule has 0 aromatic heterocycles. The Morgan fingerprint density at radius 3 is 2.75 bits per heavy atom. The van der Waals surface area contributed by atoms with Gasteiger partial charge in [-0.1, -0.05) is 13.3 Å². The van der Waals surface area contributed by atoms with Crippen molar-refractivity contribution in [2.24, 2.45) is 5.92 Å². The quantitative estimate of drug-likeness (QED) is 0.845. The summed E-state index contributed by atoms with van der Waals surface area (Å²) in [5.41, 5.74) is 5.33. The van der Waals surface area contributed by atoms with Crippen molar-refractivity contribution in [1.29, 1.82) is 0 Å². The molecule has 3 rings (SSSR count). The monoisotopic (exact) mass is 328 g/mol. The number of hydrogen-bond donors (Lipinski definition) is 1. The van der Waals surface area contributed by atoms with E-state index in [1.165, 1.54) is 12.0 Å². The van der Waals surface area contributed by atoms with E-state index in [1.807, 2.05) is 7.05 Å². The van der Waals surface area contributed by atoms with Crippen LogP contribution in [0.5, 0.6) is 0 Å². The third kappa shape index (κ3) is 3.00. The molecule has 130 valence electrons. The summed E-state index contributed by atoms with van der Waals surface area (Å²) >= 11 is 0. The average Bonchev–Trinajstić information content (AvgIpc) is 2.57. The van der Waals surface area contributed by atoms with Crippen LogP contribution in [0.2, 0.25) is 0 Å². The molecule has 0 bridgehead atoms. The van der Waals surface area contributed by atoms with Crippen LogP contribution in [-0.2, 0) is 17.6 Å². The molecule has 1 aliphatic carbocycles. The van der Waals surface area contributed by atoms with Crippen LogP contribution in [0.3, 0.4) is 0 Å². The summed E-state index contributed by atoms with van der Waals surface area (Å²) in [7, 11) is 1.82. The lowest BCUT2D eigenvalue weighted by atomic mass is 9.76. The summed E-state index contributed by atoms with van der Waals surface area (Å²) in [4.78, 5) is 26.9. The molecule has 4 heteroatoms. The summed E-state index contributed by atoms with van der Waals surface area (Å²) in [5.74, 6) is 0.494. The van der Waals surface area contributed by atoms with E-state index >= 15 is 0 Å². The van der Waals surface area contributed by atoms with Gasteiger partial charge in [-0.05, 0) is 61.9 Å². The SMILES string of the molecule is CCCCNCC1CCc2c(C)cc3c(c2C1=O)CCC(=O)N3C. The molecule has 0 saturated carbocycles. The minimum atomic E-state index is 0.0724. The van der Waals surface area contributed by atoms with Gasteiger partial charge in [0, 0.05) is 37.2 Å².